The minimum Gasteiger partial charge on any atom is -0.480 e. The Kier molecular flexibility index (Phi) is 4.27. The van der Waals surface area contributed by atoms with Crippen molar-refractivity contribution in [1.29, 1.82) is 0 Å². The summed E-state index contributed by atoms with van der Waals surface area (Å²) < 4.78 is 44.9. The summed E-state index contributed by atoms with van der Waals surface area (Å²) in [4.78, 5) is 7.85. The first-order valence-electron chi connectivity index (χ1n) is 5.79. The van der Waals surface area contributed by atoms with E-state index in [4.69, 9.17) is 4.74 Å². The van der Waals surface area contributed by atoms with Crippen LogP contribution in [0.15, 0.2) is 36.7 Å². The molecule has 0 aliphatic carbocycles. The number of hydrogen-bond acceptors (Lipinski definition) is 5. The molecular weight excluding hydrogens is 289 g/mol. The lowest BCUT2D eigenvalue weighted by Crippen LogP contribution is -2.17. The molecular formula is C13H11F3N2O3. The van der Waals surface area contributed by atoms with Crippen molar-refractivity contribution >= 4 is 0 Å². The van der Waals surface area contributed by atoms with E-state index in [0.29, 0.717) is 5.56 Å². The molecule has 0 saturated carbocycles. The zero-order valence-corrected chi connectivity index (χ0v) is 10.8. The monoisotopic (exact) mass is 300 g/mol. The molecule has 0 saturated heterocycles. The molecule has 21 heavy (non-hydrogen) atoms. The van der Waals surface area contributed by atoms with Crippen molar-refractivity contribution in [2.75, 3.05) is 7.11 Å². The van der Waals surface area contributed by atoms with Crippen LogP contribution in [0.25, 0.3) is 0 Å². The van der Waals surface area contributed by atoms with E-state index in [1.54, 1.807) is 0 Å². The summed E-state index contributed by atoms with van der Waals surface area (Å²) >= 11 is 0. The first-order chi connectivity index (χ1) is 9.90. The third kappa shape index (κ3) is 3.82. The van der Waals surface area contributed by atoms with Crippen molar-refractivity contribution in [2.45, 2.75) is 12.5 Å². The van der Waals surface area contributed by atoms with Crippen molar-refractivity contribution in [3.05, 3.63) is 47.9 Å². The number of nitrogens with zero attached hydrogens (tertiary/aromatic N) is 2. The minimum absolute atomic E-state index is 0.139. The molecule has 0 bridgehead atoms. The zero-order chi connectivity index (χ0) is 15.5. The Morgan fingerprint density at radius 3 is 2.29 bits per heavy atom. The predicted octanol–water partition coefficient (Wildman–Crippen LogP) is 2.47. The van der Waals surface area contributed by atoms with Gasteiger partial charge in [-0.2, -0.15) is 0 Å². The third-order valence-corrected chi connectivity index (χ3v) is 2.57. The van der Waals surface area contributed by atoms with Gasteiger partial charge >= 0.3 is 6.36 Å². The van der Waals surface area contributed by atoms with Gasteiger partial charge in [-0.25, -0.2) is 4.98 Å². The number of halogens is 3. The van der Waals surface area contributed by atoms with Crippen LogP contribution in [0.2, 0.25) is 0 Å². The van der Waals surface area contributed by atoms with E-state index in [1.807, 2.05) is 0 Å². The van der Waals surface area contributed by atoms with Crippen LogP contribution < -0.4 is 9.47 Å². The molecule has 0 amide bonds. The van der Waals surface area contributed by atoms with Crippen LogP contribution in [0.3, 0.4) is 0 Å². The van der Waals surface area contributed by atoms with Gasteiger partial charge in [0.1, 0.15) is 17.5 Å². The van der Waals surface area contributed by atoms with Crippen LogP contribution in [0.1, 0.15) is 17.4 Å². The molecule has 1 atom stereocenters. The Hall–Kier alpha value is -2.35. The molecule has 1 N–H and O–H groups in total. The summed E-state index contributed by atoms with van der Waals surface area (Å²) in [5.41, 5.74) is 0.507. The van der Waals surface area contributed by atoms with E-state index in [1.165, 1.54) is 31.6 Å². The summed E-state index contributed by atoms with van der Waals surface area (Å²) in [6, 6.07) is 4.82. The maximum atomic E-state index is 12.1. The highest BCUT2D eigenvalue weighted by atomic mass is 19.4. The lowest BCUT2D eigenvalue weighted by Gasteiger charge is -2.14. The number of aliphatic hydroxyl groups excluding tert-OH is 1. The number of ether oxygens (including phenoxy) is 2. The van der Waals surface area contributed by atoms with Gasteiger partial charge in [-0.05, 0) is 17.7 Å². The summed E-state index contributed by atoms with van der Waals surface area (Å²) in [7, 11) is 1.38. The molecule has 2 aromatic rings. The van der Waals surface area contributed by atoms with Crippen molar-refractivity contribution < 1.29 is 27.8 Å². The van der Waals surface area contributed by atoms with Crippen LogP contribution in [0.5, 0.6) is 11.6 Å². The molecule has 0 radical (unpaired) electrons. The molecule has 0 aliphatic heterocycles. The molecule has 112 valence electrons. The van der Waals surface area contributed by atoms with Crippen molar-refractivity contribution in [3.63, 3.8) is 0 Å². The average Bonchev–Trinajstić information content (AvgIpc) is 2.45. The highest BCUT2D eigenvalue weighted by Gasteiger charge is 2.31. The van der Waals surface area contributed by atoms with Crippen LogP contribution >= 0.6 is 0 Å². The van der Waals surface area contributed by atoms with E-state index in [9.17, 15) is 18.3 Å². The Labute approximate surface area is 118 Å². The van der Waals surface area contributed by atoms with Gasteiger partial charge in [-0.3, -0.25) is 4.98 Å². The van der Waals surface area contributed by atoms with Gasteiger partial charge in [-0.15, -0.1) is 13.2 Å². The van der Waals surface area contributed by atoms with E-state index in [-0.39, 0.29) is 17.3 Å². The number of methoxy groups -OCH3 is 1. The Balaban J connectivity index is 2.22. The summed E-state index contributed by atoms with van der Waals surface area (Å²) in [6.45, 7) is 0. The first-order valence-corrected chi connectivity index (χ1v) is 5.79. The van der Waals surface area contributed by atoms with Gasteiger partial charge in [-0.1, -0.05) is 12.1 Å². The second-order valence-corrected chi connectivity index (χ2v) is 3.97. The normalized spacial score (nSPS) is 12.8. The molecule has 0 aliphatic rings. The smallest absolute Gasteiger partial charge is 0.480 e. The number of alkyl halides is 3. The molecule has 2 rings (SSSR count). The molecule has 1 unspecified atom stereocenters. The summed E-state index contributed by atoms with van der Waals surface area (Å²) in [5, 5.41) is 10.2. The van der Waals surface area contributed by atoms with E-state index in [2.05, 4.69) is 14.7 Å². The van der Waals surface area contributed by atoms with E-state index >= 15 is 0 Å². The lowest BCUT2D eigenvalue weighted by atomic mass is 10.1. The predicted molar refractivity (Wildman–Crippen MR) is 65.8 cm³/mol. The van der Waals surface area contributed by atoms with Crippen LogP contribution in [-0.2, 0) is 0 Å². The standard InChI is InChI=1S/C13H11F3N2O3/c1-20-12-10(17-6-7-18-12)11(19)8-2-4-9(5-3-8)21-13(14,15)16/h2-7,11,19H,1H3. The topological polar surface area (TPSA) is 64.5 Å². The maximum Gasteiger partial charge on any atom is 0.573 e. The third-order valence-electron chi connectivity index (χ3n) is 2.57. The first kappa shape index (κ1) is 15.0. The number of hydrogen-bond donors (Lipinski definition) is 1. The van der Waals surface area contributed by atoms with Crippen LogP contribution in [0, 0.1) is 0 Å². The molecule has 5 nitrogen and oxygen atoms in total. The lowest BCUT2D eigenvalue weighted by molar-refractivity contribution is -0.274. The van der Waals surface area contributed by atoms with Gasteiger partial charge < -0.3 is 14.6 Å². The van der Waals surface area contributed by atoms with E-state index in [0.717, 1.165) is 12.1 Å². The molecule has 1 heterocycles. The minimum atomic E-state index is -4.76. The van der Waals surface area contributed by atoms with Crippen molar-refractivity contribution in [1.82, 2.24) is 9.97 Å². The van der Waals surface area contributed by atoms with Gasteiger partial charge in [0, 0.05) is 12.4 Å². The van der Waals surface area contributed by atoms with Crippen LogP contribution in [-0.4, -0.2) is 28.5 Å². The molecule has 1 aromatic heterocycles. The SMILES string of the molecule is COc1nccnc1C(O)c1ccc(OC(F)(F)F)cc1. The van der Waals surface area contributed by atoms with Gasteiger partial charge in [0.2, 0.25) is 5.88 Å². The molecule has 8 heteroatoms. The molecule has 1 aromatic carbocycles. The fraction of sp³-hybridized carbons (Fsp3) is 0.231. The van der Waals surface area contributed by atoms with Gasteiger partial charge in [0.15, 0.2) is 0 Å². The Morgan fingerprint density at radius 1 is 1.10 bits per heavy atom. The van der Waals surface area contributed by atoms with Gasteiger partial charge in [0.25, 0.3) is 0 Å². The fourth-order valence-electron chi connectivity index (χ4n) is 1.69. The Bertz CT molecular complexity index is 602. The average molecular weight is 300 g/mol. The second kappa shape index (κ2) is 5.96. The van der Waals surface area contributed by atoms with Crippen molar-refractivity contribution in [3.8, 4) is 11.6 Å². The van der Waals surface area contributed by atoms with Crippen molar-refractivity contribution in [2.24, 2.45) is 0 Å². The van der Waals surface area contributed by atoms with Crippen LogP contribution in [0.4, 0.5) is 13.2 Å². The summed E-state index contributed by atoms with van der Waals surface area (Å²) in [6.07, 6.45) is -3.15. The largest absolute Gasteiger partial charge is 0.573 e. The zero-order valence-electron chi connectivity index (χ0n) is 10.8. The number of aromatic nitrogens is 2. The highest BCUT2D eigenvalue weighted by Crippen LogP contribution is 2.28. The molecule has 0 spiro atoms. The quantitative estimate of drug-likeness (QED) is 0.939. The fourth-order valence-corrected chi connectivity index (χ4v) is 1.69. The Morgan fingerprint density at radius 2 is 1.71 bits per heavy atom. The van der Waals surface area contributed by atoms with E-state index < -0.39 is 12.5 Å². The molecule has 0 fully saturated rings. The maximum absolute atomic E-state index is 12.1. The second-order valence-electron chi connectivity index (χ2n) is 3.97. The highest BCUT2D eigenvalue weighted by molar-refractivity contribution is 5.34. The summed E-state index contributed by atoms with van der Waals surface area (Å²) in [5.74, 6) is -0.231. The van der Waals surface area contributed by atoms with Gasteiger partial charge in [0.05, 0.1) is 7.11 Å². The number of rotatable bonds is 4. The number of aliphatic hydroxyl groups is 1. The number of benzene rings is 1.